The van der Waals surface area contributed by atoms with Crippen LogP contribution in [-0.4, -0.2) is 86.5 Å². The van der Waals surface area contributed by atoms with E-state index < -0.39 is 24.3 Å². The number of carboxylic acids is 2. The van der Waals surface area contributed by atoms with Crippen molar-refractivity contribution in [1.82, 2.24) is 19.9 Å². The molecule has 1 aliphatic heterocycles. The van der Waals surface area contributed by atoms with E-state index in [0.29, 0.717) is 6.61 Å². The summed E-state index contributed by atoms with van der Waals surface area (Å²) in [6, 6.07) is 9.77. The second-order valence-electron chi connectivity index (χ2n) is 8.63. The number of carbonyl (C=O) groups excluding carboxylic acids is 1. The number of primary amides is 1. The lowest BCUT2D eigenvalue weighted by atomic mass is 9.98. The number of hydrogen-bond acceptors (Lipinski definition) is 7. The summed E-state index contributed by atoms with van der Waals surface area (Å²) >= 11 is 3.41. The molecule has 0 bridgehead atoms. The highest BCUT2D eigenvalue weighted by molar-refractivity contribution is 9.10. The van der Waals surface area contributed by atoms with E-state index in [2.05, 4.69) is 35.8 Å². The molecule has 1 unspecified atom stereocenters. The van der Waals surface area contributed by atoms with Gasteiger partial charge < -0.3 is 25.7 Å². The van der Waals surface area contributed by atoms with Crippen LogP contribution in [0.1, 0.15) is 12.8 Å². The number of alkyl halides is 6. The Morgan fingerprint density at radius 2 is 1.64 bits per heavy atom. The number of fused-ring (bicyclic) bond motifs is 1. The Hall–Kier alpha value is -3.93. The van der Waals surface area contributed by atoms with Crippen LogP contribution in [0.3, 0.4) is 0 Å². The van der Waals surface area contributed by atoms with Gasteiger partial charge in [-0.2, -0.15) is 26.3 Å². The van der Waals surface area contributed by atoms with Crippen LogP contribution in [0.4, 0.5) is 26.3 Å². The average Bonchev–Trinajstić information content (AvgIpc) is 3.32. The van der Waals surface area contributed by atoms with E-state index in [1.165, 1.54) is 0 Å². The summed E-state index contributed by atoms with van der Waals surface area (Å²) in [5, 5.41) is 14.2. The zero-order valence-corrected chi connectivity index (χ0v) is 23.0. The van der Waals surface area contributed by atoms with Gasteiger partial charge in [0.05, 0.1) is 5.92 Å². The van der Waals surface area contributed by atoms with Crippen molar-refractivity contribution in [3.63, 3.8) is 0 Å². The first-order valence-corrected chi connectivity index (χ1v) is 12.6. The number of H-pyrrole nitrogens is 1. The Balaban J connectivity index is 0.000000367. The molecule has 0 spiro atoms. The van der Waals surface area contributed by atoms with Gasteiger partial charge in [0.15, 0.2) is 5.65 Å². The maximum absolute atomic E-state index is 11.4. The lowest BCUT2D eigenvalue weighted by Gasteiger charge is -2.30. The Morgan fingerprint density at radius 3 is 2.17 bits per heavy atom. The summed E-state index contributed by atoms with van der Waals surface area (Å²) < 4.78 is 70.2. The number of nitrogens with two attached hydrogens (primary N) is 1. The average molecular weight is 672 g/mol. The van der Waals surface area contributed by atoms with Crippen molar-refractivity contribution in [3.8, 4) is 17.1 Å². The molecular weight excluding hydrogens is 648 g/mol. The minimum Gasteiger partial charge on any atom is -0.492 e. The van der Waals surface area contributed by atoms with Gasteiger partial charge in [0, 0.05) is 29.3 Å². The molecule has 0 aliphatic carbocycles. The summed E-state index contributed by atoms with van der Waals surface area (Å²) in [6.07, 6.45) is -6.52. The first kappa shape index (κ1) is 34.3. The number of amides is 1. The third-order valence-corrected chi connectivity index (χ3v) is 5.93. The molecule has 42 heavy (non-hydrogen) atoms. The number of halogens is 7. The third-order valence-electron chi connectivity index (χ3n) is 5.50. The summed E-state index contributed by atoms with van der Waals surface area (Å²) in [7, 11) is 0. The lowest BCUT2D eigenvalue weighted by Crippen LogP contribution is -2.42. The van der Waals surface area contributed by atoms with E-state index in [0.717, 1.165) is 65.2 Å². The molecule has 1 aliphatic rings. The highest BCUT2D eigenvalue weighted by Gasteiger charge is 2.38. The lowest BCUT2D eigenvalue weighted by molar-refractivity contribution is -0.193. The minimum atomic E-state index is -5.08. The molecule has 5 N–H and O–H groups in total. The molecule has 11 nitrogen and oxygen atoms in total. The van der Waals surface area contributed by atoms with E-state index in [1.807, 2.05) is 30.3 Å². The summed E-state index contributed by atoms with van der Waals surface area (Å²) in [5.74, 6) is -4.16. The summed E-state index contributed by atoms with van der Waals surface area (Å²) in [5.41, 5.74) is 7.98. The van der Waals surface area contributed by atoms with Gasteiger partial charge in [-0.15, -0.1) is 0 Å². The standard InChI is InChI=1S/C20H22BrN5O2.2C2HF3O2/c21-15-10-17-20(23-11-15)25-19(24-17)13-3-5-16(6-4-13)28-9-8-26-7-1-2-14(12-26)18(22)27;2*3-2(4,5)1(6)7/h3-6,10-11,14H,1-2,7-9,12H2,(H2,22,27)(H,23,24,25);2*(H,6,7). The predicted molar refractivity (Wildman–Crippen MR) is 138 cm³/mol. The van der Waals surface area contributed by atoms with Gasteiger partial charge in [0.2, 0.25) is 5.91 Å². The van der Waals surface area contributed by atoms with E-state index >= 15 is 0 Å². The van der Waals surface area contributed by atoms with Crippen molar-refractivity contribution >= 4 is 44.9 Å². The fourth-order valence-corrected chi connectivity index (χ4v) is 3.82. The number of nitrogens with zero attached hydrogens (tertiary/aromatic N) is 3. The summed E-state index contributed by atoms with van der Waals surface area (Å²) in [6.45, 7) is 3.08. The van der Waals surface area contributed by atoms with Crippen LogP contribution in [0.5, 0.6) is 5.75 Å². The number of aliphatic carboxylic acids is 2. The van der Waals surface area contributed by atoms with Gasteiger partial charge in [-0.1, -0.05) is 0 Å². The summed E-state index contributed by atoms with van der Waals surface area (Å²) in [4.78, 5) is 43.5. The van der Waals surface area contributed by atoms with Crippen molar-refractivity contribution in [2.75, 3.05) is 26.2 Å². The number of benzene rings is 1. The molecule has 3 aromatic rings. The molecule has 1 amide bonds. The Labute approximate surface area is 241 Å². The number of carbonyl (C=O) groups is 3. The maximum atomic E-state index is 11.4. The number of carboxylic acid groups (broad SMARTS) is 2. The molecular formula is C24H24BrF6N5O6. The highest BCUT2D eigenvalue weighted by atomic mass is 79.9. The zero-order valence-electron chi connectivity index (χ0n) is 21.4. The SMILES string of the molecule is NC(=O)C1CCCN(CCOc2ccc(-c3nc4cc(Br)cnc4[nH]3)cc2)C1.O=C(O)C(F)(F)F.O=C(O)C(F)(F)F. The molecule has 0 saturated carbocycles. The van der Waals surface area contributed by atoms with E-state index in [-0.39, 0.29) is 11.8 Å². The fourth-order valence-electron chi connectivity index (χ4n) is 3.50. The van der Waals surface area contributed by atoms with Crippen LogP contribution in [-0.2, 0) is 14.4 Å². The van der Waals surface area contributed by atoms with Gasteiger partial charge in [-0.3, -0.25) is 9.69 Å². The predicted octanol–water partition coefficient (Wildman–Crippen LogP) is 4.23. The largest absolute Gasteiger partial charge is 0.492 e. The van der Waals surface area contributed by atoms with E-state index in [4.69, 9.17) is 30.3 Å². The quantitative estimate of drug-likeness (QED) is 0.280. The monoisotopic (exact) mass is 671 g/mol. The number of piperidine rings is 1. The number of pyridine rings is 1. The van der Waals surface area contributed by atoms with Gasteiger partial charge in [0.25, 0.3) is 0 Å². The van der Waals surface area contributed by atoms with Crippen LogP contribution >= 0.6 is 15.9 Å². The van der Waals surface area contributed by atoms with Crippen molar-refractivity contribution in [2.45, 2.75) is 25.2 Å². The topological polar surface area (TPSA) is 172 Å². The normalized spacial score (nSPS) is 15.5. The number of hydrogen-bond donors (Lipinski definition) is 4. The zero-order chi connectivity index (χ0) is 31.7. The molecule has 0 radical (unpaired) electrons. The molecule has 1 atom stereocenters. The smallest absolute Gasteiger partial charge is 0.490 e. The molecule has 4 rings (SSSR count). The highest BCUT2D eigenvalue weighted by Crippen LogP contribution is 2.24. The minimum absolute atomic E-state index is 0.0352. The van der Waals surface area contributed by atoms with Crippen LogP contribution in [0, 0.1) is 5.92 Å². The van der Waals surface area contributed by atoms with Gasteiger partial charge in [-0.05, 0) is 65.6 Å². The molecule has 1 aromatic carbocycles. The molecule has 1 fully saturated rings. The van der Waals surface area contributed by atoms with Crippen molar-refractivity contribution in [3.05, 3.63) is 41.0 Å². The second kappa shape index (κ2) is 14.8. The Kier molecular flexibility index (Phi) is 12.1. The van der Waals surface area contributed by atoms with Gasteiger partial charge in [0.1, 0.15) is 23.7 Å². The number of imidazole rings is 1. The van der Waals surface area contributed by atoms with Crippen molar-refractivity contribution in [2.24, 2.45) is 11.7 Å². The van der Waals surface area contributed by atoms with Crippen molar-refractivity contribution in [1.29, 1.82) is 0 Å². The van der Waals surface area contributed by atoms with Crippen molar-refractivity contribution < 1.29 is 55.7 Å². The van der Waals surface area contributed by atoms with Crippen LogP contribution < -0.4 is 10.5 Å². The molecule has 3 heterocycles. The number of ether oxygens (including phenoxy) is 1. The number of nitrogens with one attached hydrogen (secondary N) is 1. The number of aromatic nitrogens is 3. The molecule has 230 valence electrons. The Bertz CT molecular complexity index is 1340. The third kappa shape index (κ3) is 11.2. The number of likely N-dealkylation sites (tertiary alicyclic amines) is 1. The van der Waals surface area contributed by atoms with Crippen LogP contribution in [0.15, 0.2) is 41.0 Å². The first-order chi connectivity index (χ1) is 19.5. The van der Waals surface area contributed by atoms with Gasteiger partial charge in [-0.25, -0.2) is 19.6 Å². The maximum Gasteiger partial charge on any atom is 0.490 e. The van der Waals surface area contributed by atoms with Crippen LogP contribution in [0.2, 0.25) is 0 Å². The number of aromatic amines is 1. The van der Waals surface area contributed by atoms with Crippen LogP contribution in [0.25, 0.3) is 22.6 Å². The fraction of sp³-hybridized carbons (Fsp3) is 0.375. The number of rotatable bonds is 6. The van der Waals surface area contributed by atoms with E-state index in [9.17, 15) is 31.1 Å². The molecule has 1 saturated heterocycles. The molecule has 18 heteroatoms. The van der Waals surface area contributed by atoms with Gasteiger partial charge >= 0.3 is 24.3 Å². The first-order valence-electron chi connectivity index (χ1n) is 11.8. The second-order valence-corrected chi connectivity index (χ2v) is 9.54. The molecule has 2 aromatic heterocycles. The Morgan fingerprint density at radius 1 is 1.07 bits per heavy atom. The van der Waals surface area contributed by atoms with E-state index in [1.54, 1.807) is 6.20 Å².